The van der Waals surface area contributed by atoms with Crippen LogP contribution >= 0.6 is 0 Å². The van der Waals surface area contributed by atoms with E-state index in [1.807, 2.05) is 36.4 Å². The third kappa shape index (κ3) is 13.0. The zero-order valence-corrected chi connectivity index (χ0v) is 45.5. The third-order valence-corrected chi connectivity index (χ3v) is 14.9. The first-order valence-electron chi connectivity index (χ1n) is 28.5. The van der Waals surface area contributed by atoms with Crippen molar-refractivity contribution in [2.45, 2.75) is 42.0 Å². The van der Waals surface area contributed by atoms with Crippen molar-refractivity contribution in [3.63, 3.8) is 0 Å². The molecule has 18 heteroatoms. The van der Waals surface area contributed by atoms with Gasteiger partial charge in [-0.1, -0.05) is 97.1 Å². The molecular weight excluding hydrogens is 1040 g/mol. The first kappa shape index (κ1) is 54.4. The van der Waals surface area contributed by atoms with Gasteiger partial charge < -0.3 is 85.3 Å². The second-order valence-corrected chi connectivity index (χ2v) is 20.9. The van der Waals surface area contributed by atoms with E-state index in [-0.39, 0.29) is 103 Å². The summed E-state index contributed by atoms with van der Waals surface area (Å²) in [5.74, 6) is 2.95. The summed E-state index contributed by atoms with van der Waals surface area (Å²) in [6.45, 7) is 9.50. The highest BCUT2D eigenvalue weighted by atomic mass is 16.6. The summed E-state index contributed by atoms with van der Waals surface area (Å²) in [5.41, 5.74) is 3.65. The van der Waals surface area contributed by atoms with Crippen molar-refractivity contribution in [3.05, 3.63) is 119 Å². The van der Waals surface area contributed by atoms with Crippen molar-refractivity contribution in [3.8, 4) is 45.6 Å². The van der Waals surface area contributed by atoms with Crippen molar-refractivity contribution < 1.29 is 85.3 Å². The Morgan fingerprint density at radius 2 is 0.519 bits per heavy atom. The summed E-state index contributed by atoms with van der Waals surface area (Å²) in [4.78, 5) is 0. The van der Waals surface area contributed by atoms with Crippen LogP contribution in [0, 0.1) is 0 Å². The summed E-state index contributed by atoms with van der Waals surface area (Å²) in [7, 11) is 0. The largest absolute Gasteiger partial charge is 0.490 e. The van der Waals surface area contributed by atoms with E-state index in [1.165, 1.54) is 0 Å². The highest BCUT2D eigenvalue weighted by molar-refractivity contribution is 6.04. The Hall–Kier alpha value is -5.84. The van der Waals surface area contributed by atoms with Crippen LogP contribution in [0.1, 0.15) is 22.3 Å². The summed E-state index contributed by atoms with van der Waals surface area (Å²) in [6.07, 6.45) is 0.434. The summed E-state index contributed by atoms with van der Waals surface area (Å²) in [5, 5.41) is 3.10. The molecule has 6 aromatic carbocycles. The van der Waals surface area contributed by atoms with Crippen molar-refractivity contribution in [1.29, 1.82) is 0 Å². The monoisotopic (exact) mass is 1110 g/mol. The molecule has 0 saturated carbocycles. The maximum atomic E-state index is 7.39. The van der Waals surface area contributed by atoms with Gasteiger partial charge in [0, 0.05) is 21.5 Å². The van der Waals surface area contributed by atoms with E-state index >= 15 is 0 Å². The van der Waals surface area contributed by atoms with Crippen molar-refractivity contribution >= 4 is 21.5 Å². The van der Waals surface area contributed by atoms with Crippen LogP contribution in [0.3, 0.4) is 0 Å². The molecule has 0 spiro atoms. The molecule has 6 fully saturated rings. The molecule has 6 aromatic rings. The Labute approximate surface area is 470 Å². The number of hydrogen-bond donors (Lipinski definition) is 0. The van der Waals surface area contributed by atoms with Crippen LogP contribution in [0.25, 0.3) is 32.7 Å². The molecule has 7 aliphatic rings. The third-order valence-electron chi connectivity index (χ3n) is 14.9. The molecule has 6 saturated heterocycles. The Bertz CT molecular complexity index is 2870. The lowest BCUT2D eigenvalue weighted by Crippen LogP contribution is -2.33. The molecule has 6 atom stereocenters. The minimum Gasteiger partial charge on any atom is -0.490 e. The lowest BCUT2D eigenvalue weighted by atomic mass is 9.65. The van der Waals surface area contributed by atoms with E-state index in [0.29, 0.717) is 138 Å². The van der Waals surface area contributed by atoms with Gasteiger partial charge in [-0.2, -0.15) is 0 Å². The maximum absolute atomic E-state index is 7.39. The molecule has 13 rings (SSSR count). The molecule has 6 unspecified atom stereocenters. The smallest absolute Gasteiger partial charge is 0.170 e. The molecule has 0 aromatic heterocycles. The fraction of sp³-hybridized carbons (Fsp3) is 0.492. The van der Waals surface area contributed by atoms with E-state index in [0.717, 1.165) is 43.8 Å². The molecule has 6 aliphatic heterocycles. The topological polar surface area (TPSA) is 186 Å². The number of epoxide rings is 6. The van der Waals surface area contributed by atoms with Gasteiger partial charge in [0.15, 0.2) is 23.0 Å². The Balaban J connectivity index is 1.07. The minimum absolute atomic E-state index is 0.0597. The second-order valence-electron chi connectivity index (χ2n) is 20.9. The lowest BCUT2D eigenvalue weighted by molar-refractivity contribution is 0.0784. The van der Waals surface area contributed by atoms with Gasteiger partial charge in [-0.15, -0.1) is 0 Å². The van der Waals surface area contributed by atoms with E-state index in [4.69, 9.17) is 85.3 Å². The predicted octanol–water partition coefficient (Wildman–Crippen LogP) is 7.12. The Morgan fingerprint density at radius 1 is 0.284 bits per heavy atom. The van der Waals surface area contributed by atoms with Crippen LogP contribution < -0.4 is 28.4 Å². The number of rotatable bonds is 38. The van der Waals surface area contributed by atoms with Crippen LogP contribution in [0.4, 0.5) is 0 Å². The van der Waals surface area contributed by atoms with E-state index in [2.05, 4.69) is 60.7 Å². The van der Waals surface area contributed by atoms with Crippen LogP contribution in [0.15, 0.2) is 97.1 Å². The average Bonchev–Trinajstić information content (AvgIpc) is 4.46. The van der Waals surface area contributed by atoms with Gasteiger partial charge >= 0.3 is 0 Å². The van der Waals surface area contributed by atoms with Gasteiger partial charge in [-0.3, -0.25) is 0 Å². The number of fused-ring (bicyclic) bond motifs is 5. The molecular formula is C63H70O18. The molecule has 1 aliphatic carbocycles. The molecule has 6 heterocycles. The molecule has 0 radical (unpaired) electrons. The van der Waals surface area contributed by atoms with Crippen molar-refractivity contribution in [2.75, 3.05) is 159 Å². The van der Waals surface area contributed by atoms with Gasteiger partial charge in [0.2, 0.25) is 0 Å². The number of benzene rings is 6. The lowest BCUT2D eigenvalue weighted by Gasteiger charge is -2.39. The van der Waals surface area contributed by atoms with Crippen molar-refractivity contribution in [2.24, 2.45) is 0 Å². The normalized spacial score (nSPS) is 22.0. The number of hydrogen-bond acceptors (Lipinski definition) is 18. The molecule has 81 heavy (non-hydrogen) atoms. The quantitative estimate of drug-likeness (QED) is 0.0281. The molecule has 0 bridgehead atoms. The fourth-order valence-corrected chi connectivity index (χ4v) is 10.6. The van der Waals surface area contributed by atoms with Gasteiger partial charge in [0.1, 0.15) is 87.8 Å². The van der Waals surface area contributed by atoms with E-state index in [9.17, 15) is 0 Å². The SMILES string of the molecule is c1ccc2c(c1)-c1ccccc1C2(c1c(OCCOCC2CO2)c(OCCOCC2CO2)c2ccccc2c1OCCOCC1CO1)c1c(OCCOCC2CO2)c(OCCOCC2CO2)c2ccccc2c1OCCOCC1CO1. The van der Waals surface area contributed by atoms with Gasteiger partial charge in [-0.25, -0.2) is 0 Å². The Kier molecular flexibility index (Phi) is 17.3. The fourth-order valence-electron chi connectivity index (χ4n) is 10.6. The van der Waals surface area contributed by atoms with Gasteiger partial charge in [0.25, 0.3) is 0 Å². The molecule has 430 valence electrons. The molecule has 0 amide bonds. The molecule has 18 nitrogen and oxygen atoms in total. The van der Waals surface area contributed by atoms with E-state index in [1.54, 1.807) is 0 Å². The summed E-state index contributed by atoms with van der Waals surface area (Å²) in [6, 6.07) is 33.2. The maximum Gasteiger partial charge on any atom is 0.170 e. The van der Waals surface area contributed by atoms with Crippen LogP contribution in [0.2, 0.25) is 0 Å². The average molecular weight is 1120 g/mol. The Morgan fingerprint density at radius 3 is 0.802 bits per heavy atom. The van der Waals surface area contributed by atoms with Crippen LogP contribution in [-0.4, -0.2) is 195 Å². The highest BCUT2D eigenvalue weighted by Gasteiger charge is 2.55. The number of ether oxygens (including phenoxy) is 18. The zero-order valence-electron chi connectivity index (χ0n) is 45.5. The standard InChI is InChI=1S/C63H70O18/c1-3-13-51-49(11-1)57(70-23-17-64-29-41-35-76-41)55(61(74-27-21-68-33-45-39-80-45)59(51)72-25-19-66-31-43-37-78-43)63(53-15-7-5-9-47(53)48-10-6-8-16-54(48)63)56-58(71-24-18-65-30-42-36-77-42)50-12-2-4-14-52(50)60(73-26-20-67-32-44-38-79-44)62(56)75-28-22-69-34-46-40-81-46/h1-16,41-46H,17-40H2. The molecule has 0 N–H and O–H groups in total. The predicted molar refractivity (Wildman–Crippen MR) is 295 cm³/mol. The summed E-state index contributed by atoms with van der Waals surface area (Å²) < 4.78 is 114. The zero-order chi connectivity index (χ0) is 54.2. The minimum atomic E-state index is -1.43. The first-order chi connectivity index (χ1) is 40.2. The first-order valence-corrected chi connectivity index (χ1v) is 28.5. The van der Waals surface area contributed by atoms with Crippen molar-refractivity contribution in [1.82, 2.24) is 0 Å². The van der Waals surface area contributed by atoms with Gasteiger partial charge in [-0.05, 0) is 22.3 Å². The second kappa shape index (κ2) is 25.7. The highest BCUT2D eigenvalue weighted by Crippen LogP contribution is 2.67. The van der Waals surface area contributed by atoms with Crippen LogP contribution in [-0.2, 0) is 62.3 Å². The van der Waals surface area contributed by atoms with E-state index < -0.39 is 5.41 Å². The van der Waals surface area contributed by atoms with Gasteiger partial charge in [0.05, 0.1) is 135 Å². The summed E-state index contributed by atoms with van der Waals surface area (Å²) >= 11 is 0. The van der Waals surface area contributed by atoms with Crippen LogP contribution in [0.5, 0.6) is 34.5 Å².